The minimum atomic E-state index is -1.11. The second-order valence-corrected chi connectivity index (χ2v) is 8.84. The van der Waals surface area contributed by atoms with E-state index in [0.29, 0.717) is 10.8 Å². The molecule has 5 nitrogen and oxygen atoms in total. The number of aryl methyl sites for hydroxylation is 1. The molecule has 0 saturated heterocycles. The number of benzene rings is 3. The van der Waals surface area contributed by atoms with Crippen LogP contribution in [0.15, 0.2) is 84.1 Å². The lowest BCUT2D eigenvalue weighted by Crippen LogP contribution is -2.44. The highest BCUT2D eigenvalue weighted by Gasteiger charge is 2.30. The van der Waals surface area contributed by atoms with Gasteiger partial charge in [0.1, 0.15) is 5.75 Å². The van der Waals surface area contributed by atoms with Gasteiger partial charge in [-0.15, -0.1) is 0 Å². The van der Waals surface area contributed by atoms with Gasteiger partial charge in [-0.25, -0.2) is 5.43 Å². The molecule has 0 aliphatic rings. The maximum atomic E-state index is 12.7. The van der Waals surface area contributed by atoms with Crippen LogP contribution in [0.1, 0.15) is 30.5 Å². The van der Waals surface area contributed by atoms with Gasteiger partial charge in [0.15, 0.2) is 5.60 Å². The van der Waals surface area contributed by atoms with Crippen LogP contribution in [0, 0.1) is 6.92 Å². The molecule has 1 heterocycles. The smallest absolute Gasteiger partial charge is 0.283 e. The first-order valence-electron chi connectivity index (χ1n) is 10.7. The summed E-state index contributed by atoms with van der Waals surface area (Å²) >= 11 is 6.07. The third-order valence-electron chi connectivity index (χ3n) is 5.43. The van der Waals surface area contributed by atoms with Crippen LogP contribution in [0.2, 0.25) is 5.02 Å². The van der Waals surface area contributed by atoms with E-state index >= 15 is 0 Å². The predicted octanol–water partition coefficient (Wildman–Crippen LogP) is 5.96. The average molecular weight is 460 g/mol. The highest BCUT2D eigenvalue weighted by Crippen LogP contribution is 2.25. The summed E-state index contributed by atoms with van der Waals surface area (Å²) in [6.45, 7) is 6.05. The number of ether oxygens (including phenoxy) is 1. The number of nitrogens with one attached hydrogen (secondary N) is 1. The molecule has 0 atom stereocenters. The number of amides is 1. The number of fused-ring (bicyclic) bond motifs is 1. The molecule has 6 heteroatoms. The summed E-state index contributed by atoms with van der Waals surface area (Å²) in [6, 6.07) is 23.7. The van der Waals surface area contributed by atoms with Crippen molar-refractivity contribution in [1.82, 2.24) is 9.99 Å². The van der Waals surface area contributed by atoms with Gasteiger partial charge in [-0.3, -0.25) is 4.79 Å². The Labute approximate surface area is 198 Å². The SMILES string of the molecule is Cc1cc(OC(C)(C)C(=O)N/N=C/c2cn(Cc3ccccc3)c3ccccc23)ccc1Cl. The van der Waals surface area contributed by atoms with Crippen molar-refractivity contribution in [3.63, 3.8) is 0 Å². The molecule has 0 spiro atoms. The molecule has 0 radical (unpaired) electrons. The molecule has 3 aromatic carbocycles. The van der Waals surface area contributed by atoms with Crippen LogP contribution in [0.5, 0.6) is 5.75 Å². The molecule has 4 aromatic rings. The van der Waals surface area contributed by atoms with E-state index in [9.17, 15) is 4.79 Å². The van der Waals surface area contributed by atoms with Gasteiger partial charge in [0.2, 0.25) is 0 Å². The van der Waals surface area contributed by atoms with Crippen LogP contribution in [-0.2, 0) is 11.3 Å². The molecule has 4 rings (SSSR count). The van der Waals surface area contributed by atoms with Gasteiger partial charge in [0, 0.05) is 34.2 Å². The Morgan fingerprint density at radius 1 is 1.09 bits per heavy atom. The Balaban J connectivity index is 1.49. The molecule has 0 bridgehead atoms. The average Bonchev–Trinajstić information content (AvgIpc) is 3.14. The zero-order valence-electron chi connectivity index (χ0n) is 18.9. The van der Waals surface area contributed by atoms with Crippen molar-refractivity contribution in [3.05, 3.63) is 101 Å². The molecule has 0 aliphatic heterocycles. The summed E-state index contributed by atoms with van der Waals surface area (Å²) < 4.78 is 8.08. The van der Waals surface area contributed by atoms with Crippen LogP contribution in [0.4, 0.5) is 0 Å². The second-order valence-electron chi connectivity index (χ2n) is 8.44. The highest BCUT2D eigenvalue weighted by molar-refractivity contribution is 6.31. The van der Waals surface area contributed by atoms with E-state index in [2.05, 4.69) is 39.4 Å². The van der Waals surface area contributed by atoms with Gasteiger partial charge in [0.05, 0.1) is 6.21 Å². The zero-order valence-corrected chi connectivity index (χ0v) is 19.6. The van der Waals surface area contributed by atoms with E-state index in [0.717, 1.165) is 28.6 Å². The summed E-state index contributed by atoms with van der Waals surface area (Å²) in [5, 5.41) is 5.93. The van der Waals surface area contributed by atoms with Crippen molar-refractivity contribution in [3.8, 4) is 5.75 Å². The van der Waals surface area contributed by atoms with Gasteiger partial charge >= 0.3 is 0 Å². The Morgan fingerprint density at radius 2 is 1.82 bits per heavy atom. The number of halogens is 1. The number of carbonyl (C=O) groups excluding carboxylic acids is 1. The minimum Gasteiger partial charge on any atom is -0.478 e. The molecule has 168 valence electrons. The highest BCUT2D eigenvalue weighted by atomic mass is 35.5. The summed E-state index contributed by atoms with van der Waals surface area (Å²) in [4.78, 5) is 12.7. The van der Waals surface area contributed by atoms with Crippen molar-refractivity contribution in [2.45, 2.75) is 32.9 Å². The van der Waals surface area contributed by atoms with Crippen molar-refractivity contribution >= 4 is 34.6 Å². The van der Waals surface area contributed by atoms with Crippen LogP contribution in [0.3, 0.4) is 0 Å². The van der Waals surface area contributed by atoms with E-state index in [1.54, 1.807) is 32.2 Å². The summed E-state index contributed by atoms with van der Waals surface area (Å²) in [5.41, 5.74) is 5.63. The van der Waals surface area contributed by atoms with Crippen LogP contribution in [-0.4, -0.2) is 22.3 Å². The summed E-state index contributed by atoms with van der Waals surface area (Å²) in [5.74, 6) is 0.226. The fraction of sp³-hybridized carbons (Fsp3) is 0.185. The van der Waals surface area contributed by atoms with Gasteiger partial charge in [-0.2, -0.15) is 5.10 Å². The molecule has 0 saturated carbocycles. The summed E-state index contributed by atoms with van der Waals surface area (Å²) in [7, 11) is 0. The Bertz CT molecular complexity index is 1310. The van der Waals surface area contributed by atoms with Gasteiger partial charge in [-0.1, -0.05) is 60.1 Å². The van der Waals surface area contributed by atoms with Crippen molar-refractivity contribution < 1.29 is 9.53 Å². The molecule has 0 aliphatic carbocycles. The number of rotatable bonds is 7. The molecular formula is C27H26ClN3O2. The van der Waals surface area contributed by atoms with E-state index in [1.807, 2.05) is 49.5 Å². The molecular weight excluding hydrogens is 434 g/mol. The van der Waals surface area contributed by atoms with Gasteiger partial charge in [-0.05, 0) is 56.2 Å². The molecule has 0 unspecified atom stereocenters. The first-order chi connectivity index (χ1) is 15.8. The number of hydrogen-bond donors (Lipinski definition) is 1. The summed E-state index contributed by atoms with van der Waals surface area (Å²) in [6.07, 6.45) is 3.72. The topological polar surface area (TPSA) is 55.6 Å². The van der Waals surface area contributed by atoms with Crippen molar-refractivity contribution in [1.29, 1.82) is 0 Å². The first kappa shape index (κ1) is 22.6. The van der Waals surface area contributed by atoms with Crippen LogP contribution in [0.25, 0.3) is 10.9 Å². The third-order valence-corrected chi connectivity index (χ3v) is 5.86. The molecule has 33 heavy (non-hydrogen) atoms. The monoisotopic (exact) mass is 459 g/mol. The third kappa shape index (κ3) is 5.26. The lowest BCUT2D eigenvalue weighted by Gasteiger charge is -2.24. The number of aromatic nitrogens is 1. The maximum Gasteiger partial charge on any atom is 0.283 e. The molecule has 1 N–H and O–H groups in total. The fourth-order valence-electron chi connectivity index (χ4n) is 3.61. The van der Waals surface area contributed by atoms with Crippen LogP contribution >= 0.6 is 11.6 Å². The Kier molecular flexibility index (Phi) is 6.52. The molecule has 1 amide bonds. The van der Waals surface area contributed by atoms with Gasteiger partial charge < -0.3 is 9.30 Å². The van der Waals surface area contributed by atoms with E-state index in [4.69, 9.17) is 16.3 Å². The van der Waals surface area contributed by atoms with E-state index < -0.39 is 5.60 Å². The molecule has 0 fully saturated rings. The number of para-hydroxylation sites is 1. The van der Waals surface area contributed by atoms with Crippen molar-refractivity contribution in [2.75, 3.05) is 0 Å². The predicted molar refractivity (Wildman–Crippen MR) is 134 cm³/mol. The fourth-order valence-corrected chi connectivity index (χ4v) is 3.72. The zero-order chi connectivity index (χ0) is 23.4. The lowest BCUT2D eigenvalue weighted by atomic mass is 10.1. The minimum absolute atomic E-state index is 0.348. The van der Waals surface area contributed by atoms with Gasteiger partial charge in [0.25, 0.3) is 5.91 Å². The van der Waals surface area contributed by atoms with Crippen molar-refractivity contribution in [2.24, 2.45) is 5.10 Å². The van der Waals surface area contributed by atoms with Crippen LogP contribution < -0.4 is 10.2 Å². The first-order valence-corrected chi connectivity index (χ1v) is 11.1. The molecule has 1 aromatic heterocycles. The Hall–Kier alpha value is -3.57. The lowest BCUT2D eigenvalue weighted by molar-refractivity contribution is -0.134. The number of hydrazone groups is 1. The normalized spacial score (nSPS) is 11.8. The number of carbonyl (C=O) groups is 1. The quantitative estimate of drug-likeness (QED) is 0.274. The number of hydrogen-bond acceptors (Lipinski definition) is 3. The standard InChI is InChI=1S/C27H26ClN3O2/c1-19-15-22(13-14-24(19)28)33-27(2,3)26(32)30-29-16-21-18-31(17-20-9-5-4-6-10-20)25-12-8-7-11-23(21)25/h4-16,18H,17H2,1-3H3,(H,30,32)/b29-16+. The Morgan fingerprint density at radius 3 is 2.58 bits per heavy atom. The second kappa shape index (κ2) is 9.51. The largest absolute Gasteiger partial charge is 0.478 e. The number of nitrogens with zero attached hydrogens (tertiary/aromatic N) is 2. The van der Waals surface area contributed by atoms with E-state index in [1.165, 1.54) is 5.56 Å². The van der Waals surface area contributed by atoms with E-state index in [-0.39, 0.29) is 5.91 Å². The maximum absolute atomic E-state index is 12.7.